The van der Waals surface area contributed by atoms with Crippen molar-refractivity contribution in [3.05, 3.63) is 58.4 Å². The molecule has 0 aliphatic heterocycles. The normalized spacial score (nSPS) is 16.4. The quantitative estimate of drug-likeness (QED) is 0.588. The van der Waals surface area contributed by atoms with Crippen LogP contribution in [0.5, 0.6) is 0 Å². The van der Waals surface area contributed by atoms with E-state index in [1.54, 1.807) is 4.68 Å². The summed E-state index contributed by atoms with van der Waals surface area (Å²) in [5, 5.41) is 25.6. The van der Waals surface area contributed by atoms with E-state index in [4.69, 9.17) is 0 Å². The largest absolute Gasteiger partial charge is 0.389 e. The molecule has 0 atom stereocenters. The van der Waals surface area contributed by atoms with Crippen molar-refractivity contribution >= 4 is 5.69 Å². The van der Waals surface area contributed by atoms with Crippen molar-refractivity contribution in [1.29, 1.82) is 0 Å². The predicted molar refractivity (Wildman–Crippen MR) is 94.0 cm³/mol. The Bertz CT molecular complexity index is 695. The molecule has 7 heteroatoms. The van der Waals surface area contributed by atoms with Crippen LogP contribution in [0.3, 0.4) is 0 Å². The van der Waals surface area contributed by atoms with E-state index in [2.05, 4.69) is 22.1 Å². The van der Waals surface area contributed by atoms with Gasteiger partial charge in [0.25, 0.3) is 0 Å². The van der Waals surface area contributed by atoms with Gasteiger partial charge in [-0.3, -0.25) is 19.7 Å². The third kappa shape index (κ3) is 4.87. The summed E-state index contributed by atoms with van der Waals surface area (Å²) in [4.78, 5) is 12.6. The van der Waals surface area contributed by atoms with E-state index in [9.17, 15) is 15.2 Å². The summed E-state index contributed by atoms with van der Waals surface area (Å²) >= 11 is 0. The van der Waals surface area contributed by atoms with Gasteiger partial charge in [0, 0.05) is 19.6 Å². The average molecular weight is 344 g/mol. The molecule has 1 heterocycles. The van der Waals surface area contributed by atoms with E-state index >= 15 is 0 Å². The Balaban J connectivity index is 1.65. The van der Waals surface area contributed by atoms with E-state index in [1.807, 2.05) is 18.2 Å². The van der Waals surface area contributed by atoms with Gasteiger partial charge in [0.05, 0.1) is 17.1 Å². The second-order valence-electron chi connectivity index (χ2n) is 6.85. The number of nitro groups is 1. The first kappa shape index (κ1) is 17.6. The van der Waals surface area contributed by atoms with E-state index in [0.29, 0.717) is 19.6 Å². The first-order valence-electron chi connectivity index (χ1n) is 8.70. The summed E-state index contributed by atoms with van der Waals surface area (Å²) in [6, 6.07) is 10.2. The highest BCUT2D eigenvalue weighted by atomic mass is 16.6. The van der Waals surface area contributed by atoms with E-state index in [-0.39, 0.29) is 5.69 Å². The molecule has 0 unspecified atom stereocenters. The molecule has 1 aliphatic carbocycles. The second kappa shape index (κ2) is 7.76. The number of nitrogens with zero attached hydrogens (tertiary/aromatic N) is 4. The van der Waals surface area contributed by atoms with Crippen LogP contribution in [-0.2, 0) is 13.1 Å². The Labute approximate surface area is 147 Å². The minimum atomic E-state index is -0.620. The molecule has 1 saturated carbocycles. The molecule has 134 valence electrons. The zero-order valence-corrected chi connectivity index (χ0v) is 14.3. The van der Waals surface area contributed by atoms with Crippen molar-refractivity contribution in [3.63, 3.8) is 0 Å². The highest BCUT2D eigenvalue weighted by Crippen LogP contribution is 2.30. The van der Waals surface area contributed by atoms with Crippen molar-refractivity contribution < 1.29 is 10.0 Å². The maximum absolute atomic E-state index is 10.8. The van der Waals surface area contributed by atoms with E-state index < -0.39 is 10.5 Å². The van der Waals surface area contributed by atoms with Gasteiger partial charge in [-0.15, -0.1) is 0 Å². The zero-order chi connectivity index (χ0) is 17.7. The standard InChI is InChI=1S/C18H24N4O3/c23-18(8-4-5-9-18)15-20(13-16-6-2-1-3-7-16)10-11-21-14-17(12-19-21)22(24)25/h1-3,6-7,12,14,23H,4-5,8-11,13,15H2. The second-order valence-corrected chi connectivity index (χ2v) is 6.85. The lowest BCUT2D eigenvalue weighted by atomic mass is 10.0. The van der Waals surface area contributed by atoms with Gasteiger partial charge in [-0.05, 0) is 18.4 Å². The van der Waals surface area contributed by atoms with Crippen LogP contribution < -0.4 is 0 Å². The number of aliphatic hydroxyl groups is 1. The minimum absolute atomic E-state index is 0.00373. The predicted octanol–water partition coefficient (Wildman–Crippen LogP) is 2.60. The minimum Gasteiger partial charge on any atom is -0.389 e. The molecular weight excluding hydrogens is 320 g/mol. The summed E-state index contributed by atoms with van der Waals surface area (Å²) in [6.07, 6.45) is 6.54. The lowest BCUT2D eigenvalue weighted by molar-refractivity contribution is -0.385. The fraction of sp³-hybridized carbons (Fsp3) is 0.500. The Hall–Kier alpha value is -2.25. The molecule has 1 aliphatic rings. The third-order valence-corrected chi connectivity index (χ3v) is 4.78. The van der Waals surface area contributed by atoms with E-state index in [1.165, 1.54) is 18.0 Å². The lowest BCUT2D eigenvalue weighted by Crippen LogP contribution is -2.42. The Morgan fingerprint density at radius 1 is 1.28 bits per heavy atom. The molecule has 1 fully saturated rings. The third-order valence-electron chi connectivity index (χ3n) is 4.78. The Kier molecular flexibility index (Phi) is 5.45. The van der Waals surface area contributed by atoms with Gasteiger partial charge in [0.1, 0.15) is 12.4 Å². The molecule has 0 amide bonds. The summed E-state index contributed by atoms with van der Waals surface area (Å²) in [5.74, 6) is 0. The Morgan fingerprint density at radius 2 is 2.00 bits per heavy atom. The monoisotopic (exact) mass is 344 g/mol. The topological polar surface area (TPSA) is 84.4 Å². The van der Waals surface area contributed by atoms with Crippen LogP contribution in [0.1, 0.15) is 31.2 Å². The van der Waals surface area contributed by atoms with Gasteiger partial charge < -0.3 is 5.11 Å². The zero-order valence-electron chi connectivity index (χ0n) is 14.3. The molecule has 7 nitrogen and oxygen atoms in total. The summed E-state index contributed by atoms with van der Waals surface area (Å²) < 4.78 is 1.59. The van der Waals surface area contributed by atoms with Crippen LogP contribution in [0.2, 0.25) is 0 Å². The van der Waals surface area contributed by atoms with Crippen LogP contribution in [0.4, 0.5) is 5.69 Å². The number of hydrogen-bond acceptors (Lipinski definition) is 5. The molecule has 0 bridgehead atoms. The molecule has 0 saturated heterocycles. The van der Waals surface area contributed by atoms with E-state index in [0.717, 1.165) is 32.2 Å². The molecule has 25 heavy (non-hydrogen) atoms. The average Bonchev–Trinajstić information content (AvgIpc) is 3.23. The Morgan fingerprint density at radius 3 is 2.64 bits per heavy atom. The van der Waals surface area contributed by atoms with Crippen molar-refractivity contribution in [3.8, 4) is 0 Å². The molecule has 1 N–H and O–H groups in total. The van der Waals surface area contributed by atoms with Crippen LogP contribution in [0.15, 0.2) is 42.7 Å². The van der Waals surface area contributed by atoms with Gasteiger partial charge in [0.2, 0.25) is 0 Å². The van der Waals surface area contributed by atoms with Gasteiger partial charge >= 0.3 is 5.69 Å². The molecule has 0 spiro atoms. The lowest BCUT2D eigenvalue weighted by Gasteiger charge is -2.31. The molecule has 0 radical (unpaired) electrons. The molecule has 3 rings (SSSR count). The molecule has 1 aromatic heterocycles. The SMILES string of the molecule is O=[N+]([O-])c1cnn(CCN(Cc2ccccc2)CC2(O)CCCC2)c1. The van der Waals surface area contributed by atoms with Crippen molar-refractivity contribution in [1.82, 2.24) is 14.7 Å². The molecular formula is C18H24N4O3. The van der Waals surface area contributed by atoms with Crippen LogP contribution in [-0.4, -0.2) is 43.4 Å². The highest BCUT2D eigenvalue weighted by Gasteiger charge is 2.33. The van der Waals surface area contributed by atoms with Crippen molar-refractivity contribution in [2.45, 2.75) is 44.4 Å². The van der Waals surface area contributed by atoms with Gasteiger partial charge in [0.15, 0.2) is 0 Å². The number of hydrogen-bond donors (Lipinski definition) is 1. The fourth-order valence-corrected chi connectivity index (χ4v) is 3.48. The maximum atomic E-state index is 10.8. The van der Waals surface area contributed by atoms with Gasteiger partial charge in [-0.1, -0.05) is 43.2 Å². The number of benzene rings is 1. The van der Waals surface area contributed by atoms with Crippen molar-refractivity contribution in [2.24, 2.45) is 0 Å². The van der Waals surface area contributed by atoms with Crippen LogP contribution in [0.25, 0.3) is 0 Å². The van der Waals surface area contributed by atoms with Gasteiger partial charge in [-0.2, -0.15) is 5.10 Å². The number of aromatic nitrogens is 2. The number of rotatable bonds is 8. The maximum Gasteiger partial charge on any atom is 0.306 e. The van der Waals surface area contributed by atoms with Crippen LogP contribution in [0, 0.1) is 10.1 Å². The summed E-state index contributed by atoms with van der Waals surface area (Å²) in [5.41, 5.74) is 0.574. The smallest absolute Gasteiger partial charge is 0.306 e. The first-order valence-corrected chi connectivity index (χ1v) is 8.70. The first-order chi connectivity index (χ1) is 12.0. The van der Waals surface area contributed by atoms with Crippen molar-refractivity contribution in [2.75, 3.05) is 13.1 Å². The molecule has 2 aromatic rings. The highest BCUT2D eigenvalue weighted by molar-refractivity contribution is 5.20. The fourth-order valence-electron chi connectivity index (χ4n) is 3.48. The van der Waals surface area contributed by atoms with Gasteiger partial charge in [-0.25, -0.2) is 0 Å². The van der Waals surface area contributed by atoms with Crippen LogP contribution >= 0.6 is 0 Å². The summed E-state index contributed by atoms with van der Waals surface area (Å²) in [6.45, 7) is 2.59. The molecule has 1 aromatic carbocycles. The summed E-state index contributed by atoms with van der Waals surface area (Å²) in [7, 11) is 0.